The summed E-state index contributed by atoms with van der Waals surface area (Å²) < 4.78 is 0.735. The summed E-state index contributed by atoms with van der Waals surface area (Å²) in [4.78, 5) is 20.0. The quantitative estimate of drug-likeness (QED) is 0.778. The van der Waals surface area contributed by atoms with Crippen molar-refractivity contribution in [2.24, 2.45) is 4.99 Å². The van der Waals surface area contributed by atoms with Crippen molar-refractivity contribution in [3.63, 3.8) is 0 Å². The Bertz CT molecular complexity index is 779. The molecule has 1 N–H and O–H groups in total. The van der Waals surface area contributed by atoms with Crippen LogP contribution >= 0.6 is 39.1 Å². The SMILES string of the molecule is O=CC1CN=C(c2ncccc2Cl)c2c(ccc(Br)c2Cl)N1. The number of benzene rings is 1. The maximum Gasteiger partial charge on any atom is 0.144 e. The predicted octanol–water partition coefficient (Wildman–Crippen LogP) is 3.98. The number of halogens is 3. The van der Waals surface area contributed by atoms with Gasteiger partial charge in [0.25, 0.3) is 0 Å². The van der Waals surface area contributed by atoms with Crippen LogP contribution in [-0.4, -0.2) is 29.6 Å². The van der Waals surface area contributed by atoms with Crippen molar-refractivity contribution < 1.29 is 4.79 Å². The Morgan fingerprint density at radius 2 is 2.14 bits per heavy atom. The molecule has 4 nitrogen and oxygen atoms in total. The molecule has 0 saturated carbocycles. The lowest BCUT2D eigenvalue weighted by Gasteiger charge is -2.15. The maximum atomic E-state index is 11.2. The fraction of sp³-hybridized carbons (Fsp3) is 0.133. The molecule has 0 radical (unpaired) electrons. The molecule has 0 amide bonds. The van der Waals surface area contributed by atoms with E-state index in [0.717, 1.165) is 16.4 Å². The summed E-state index contributed by atoms with van der Waals surface area (Å²) in [6.07, 6.45) is 2.47. The molecular weight excluding hydrogens is 389 g/mol. The Labute approximate surface area is 145 Å². The number of aldehydes is 1. The minimum Gasteiger partial charge on any atom is -0.373 e. The summed E-state index contributed by atoms with van der Waals surface area (Å²) >= 11 is 16.1. The van der Waals surface area contributed by atoms with Crippen molar-refractivity contribution in [3.8, 4) is 0 Å². The smallest absolute Gasteiger partial charge is 0.144 e. The molecule has 1 aliphatic rings. The molecule has 1 aromatic heterocycles. The first-order valence-electron chi connectivity index (χ1n) is 6.47. The molecule has 0 bridgehead atoms. The standard InChI is InChI=1S/C15H10BrCl2N3O/c16-9-3-4-11-12(13(9)18)15(20-6-8(7-22)21-11)14-10(17)2-1-5-19-14/h1-5,7-8,21H,6H2. The number of aromatic nitrogens is 1. The van der Waals surface area contributed by atoms with E-state index in [1.807, 2.05) is 12.1 Å². The molecule has 112 valence electrons. The molecule has 0 spiro atoms. The second-order valence-electron chi connectivity index (χ2n) is 4.69. The van der Waals surface area contributed by atoms with Crippen LogP contribution in [0.15, 0.2) is 39.9 Å². The Balaban J connectivity index is 2.27. The molecule has 1 aliphatic heterocycles. The van der Waals surface area contributed by atoms with Gasteiger partial charge in [0.15, 0.2) is 0 Å². The normalized spacial score (nSPS) is 17.0. The van der Waals surface area contributed by atoms with Crippen LogP contribution in [0.3, 0.4) is 0 Å². The van der Waals surface area contributed by atoms with Crippen LogP contribution in [0.1, 0.15) is 11.3 Å². The van der Waals surface area contributed by atoms with Crippen molar-refractivity contribution in [2.45, 2.75) is 6.04 Å². The first kappa shape index (κ1) is 15.5. The summed E-state index contributed by atoms with van der Waals surface area (Å²) in [5.41, 5.74) is 2.52. The van der Waals surface area contributed by atoms with Crippen LogP contribution in [0.4, 0.5) is 5.69 Å². The lowest BCUT2D eigenvalue weighted by molar-refractivity contribution is -0.108. The van der Waals surface area contributed by atoms with Crippen molar-refractivity contribution >= 4 is 56.8 Å². The molecule has 3 rings (SSSR count). The summed E-state index contributed by atoms with van der Waals surface area (Å²) in [7, 11) is 0. The highest BCUT2D eigenvalue weighted by atomic mass is 79.9. The van der Waals surface area contributed by atoms with Crippen LogP contribution in [0, 0.1) is 0 Å². The molecule has 7 heteroatoms. The van der Waals surface area contributed by atoms with Crippen molar-refractivity contribution in [3.05, 3.63) is 56.2 Å². The highest BCUT2D eigenvalue weighted by molar-refractivity contribution is 9.10. The molecule has 22 heavy (non-hydrogen) atoms. The van der Waals surface area contributed by atoms with Crippen molar-refractivity contribution in [2.75, 3.05) is 11.9 Å². The fourth-order valence-electron chi connectivity index (χ4n) is 2.25. The average Bonchev–Trinajstić information content (AvgIpc) is 2.71. The second kappa shape index (κ2) is 6.36. The summed E-state index contributed by atoms with van der Waals surface area (Å²) in [6.45, 7) is 0.286. The van der Waals surface area contributed by atoms with Gasteiger partial charge in [-0.3, -0.25) is 9.98 Å². The Morgan fingerprint density at radius 3 is 2.86 bits per heavy atom. The van der Waals surface area contributed by atoms with Gasteiger partial charge in [0.2, 0.25) is 0 Å². The van der Waals surface area contributed by atoms with Crippen molar-refractivity contribution in [1.29, 1.82) is 0 Å². The van der Waals surface area contributed by atoms with Gasteiger partial charge < -0.3 is 10.1 Å². The largest absolute Gasteiger partial charge is 0.373 e. The monoisotopic (exact) mass is 397 g/mol. The van der Waals surface area contributed by atoms with Crippen LogP contribution in [0.25, 0.3) is 0 Å². The number of rotatable bonds is 2. The zero-order chi connectivity index (χ0) is 15.7. The van der Waals surface area contributed by atoms with Gasteiger partial charge >= 0.3 is 0 Å². The highest BCUT2D eigenvalue weighted by Gasteiger charge is 2.24. The number of hydrogen-bond acceptors (Lipinski definition) is 4. The van der Waals surface area contributed by atoms with Gasteiger partial charge in [-0.2, -0.15) is 0 Å². The first-order chi connectivity index (χ1) is 10.6. The Hall–Kier alpha value is -1.43. The number of fused-ring (bicyclic) bond motifs is 1. The van der Waals surface area contributed by atoms with E-state index in [-0.39, 0.29) is 6.54 Å². The lowest BCUT2D eigenvalue weighted by atomic mass is 10.0. The molecule has 0 saturated heterocycles. The van der Waals surface area contributed by atoms with E-state index in [1.165, 1.54) is 0 Å². The molecule has 1 unspecified atom stereocenters. The van der Waals surface area contributed by atoms with Gasteiger partial charge in [-0.05, 0) is 40.2 Å². The maximum absolute atomic E-state index is 11.2. The van der Waals surface area contributed by atoms with E-state index < -0.39 is 6.04 Å². The number of hydrogen-bond donors (Lipinski definition) is 1. The van der Waals surface area contributed by atoms with Crippen LogP contribution in [0.2, 0.25) is 10.0 Å². The van der Waals surface area contributed by atoms with Gasteiger partial charge in [0.1, 0.15) is 18.0 Å². The number of pyridine rings is 1. The first-order valence-corrected chi connectivity index (χ1v) is 8.02. The zero-order valence-electron chi connectivity index (χ0n) is 11.2. The number of nitrogens with one attached hydrogen (secondary N) is 1. The third kappa shape index (κ3) is 2.76. The lowest BCUT2D eigenvalue weighted by Crippen LogP contribution is -2.23. The van der Waals surface area contributed by atoms with E-state index >= 15 is 0 Å². The van der Waals surface area contributed by atoms with E-state index in [1.54, 1.807) is 18.3 Å². The predicted molar refractivity (Wildman–Crippen MR) is 92.4 cm³/mol. The molecule has 2 heterocycles. The van der Waals surface area contributed by atoms with Gasteiger partial charge in [0.05, 0.1) is 22.3 Å². The minimum absolute atomic E-state index is 0.286. The minimum atomic E-state index is -0.420. The molecule has 0 fully saturated rings. The number of anilines is 1. The van der Waals surface area contributed by atoms with Gasteiger partial charge in [-0.25, -0.2) is 0 Å². The topological polar surface area (TPSA) is 54.4 Å². The molecular formula is C15H10BrCl2N3O. The van der Waals surface area contributed by atoms with Crippen LogP contribution in [0.5, 0.6) is 0 Å². The van der Waals surface area contributed by atoms with E-state index in [0.29, 0.717) is 27.0 Å². The number of nitrogens with zero attached hydrogens (tertiary/aromatic N) is 2. The number of benzodiazepines with no additional fused rings is 1. The van der Waals surface area contributed by atoms with E-state index in [9.17, 15) is 4.79 Å². The highest BCUT2D eigenvalue weighted by Crippen LogP contribution is 2.36. The van der Waals surface area contributed by atoms with Gasteiger partial charge in [0, 0.05) is 21.9 Å². The van der Waals surface area contributed by atoms with Gasteiger partial charge in [-0.15, -0.1) is 0 Å². The van der Waals surface area contributed by atoms with Crippen LogP contribution in [-0.2, 0) is 4.79 Å². The Kier molecular flexibility index (Phi) is 4.47. The summed E-state index contributed by atoms with van der Waals surface area (Å²) in [5, 5.41) is 4.11. The van der Waals surface area contributed by atoms with Crippen molar-refractivity contribution in [1.82, 2.24) is 4.98 Å². The number of carbonyl (C=O) groups excluding carboxylic acids is 1. The Morgan fingerprint density at radius 1 is 1.32 bits per heavy atom. The third-order valence-electron chi connectivity index (χ3n) is 3.27. The molecule has 1 aromatic carbocycles. The summed E-state index contributed by atoms with van der Waals surface area (Å²) in [6, 6.07) is 6.74. The van der Waals surface area contributed by atoms with E-state index in [4.69, 9.17) is 23.2 Å². The van der Waals surface area contributed by atoms with Gasteiger partial charge in [-0.1, -0.05) is 23.2 Å². The fourth-order valence-corrected chi connectivity index (χ4v) is 3.04. The number of aliphatic imine (C=N–C) groups is 1. The van der Waals surface area contributed by atoms with Crippen LogP contribution < -0.4 is 5.32 Å². The summed E-state index contributed by atoms with van der Waals surface area (Å²) in [5.74, 6) is 0. The molecule has 2 aromatic rings. The second-order valence-corrected chi connectivity index (χ2v) is 6.33. The average molecular weight is 399 g/mol. The zero-order valence-corrected chi connectivity index (χ0v) is 14.3. The van der Waals surface area contributed by atoms with E-state index in [2.05, 4.69) is 31.2 Å². The molecule has 1 atom stereocenters. The molecule has 0 aliphatic carbocycles. The third-order valence-corrected chi connectivity index (χ3v) is 4.85. The number of carbonyl (C=O) groups is 1.